The number of carbonyl (C=O) groups excluding carboxylic acids is 2. The zero-order valence-electron chi connectivity index (χ0n) is 12.3. The third kappa shape index (κ3) is 5.01. The SMILES string of the molecule is CCC(C)[C@H](N)C(=O)NCc1ccc(NC(C)=O)cc1. The van der Waals surface area contributed by atoms with Crippen molar-refractivity contribution in [3.05, 3.63) is 29.8 Å². The summed E-state index contributed by atoms with van der Waals surface area (Å²) in [6.45, 7) is 5.87. The van der Waals surface area contributed by atoms with E-state index in [2.05, 4.69) is 10.6 Å². The number of rotatable bonds is 6. The summed E-state index contributed by atoms with van der Waals surface area (Å²) in [5, 5.41) is 5.51. The summed E-state index contributed by atoms with van der Waals surface area (Å²) < 4.78 is 0. The van der Waals surface area contributed by atoms with E-state index in [1.807, 2.05) is 26.0 Å². The van der Waals surface area contributed by atoms with Crippen LogP contribution in [0.5, 0.6) is 0 Å². The number of benzene rings is 1. The molecule has 5 nitrogen and oxygen atoms in total. The molecule has 4 N–H and O–H groups in total. The van der Waals surface area contributed by atoms with Crippen LogP contribution in [0, 0.1) is 5.92 Å². The van der Waals surface area contributed by atoms with Gasteiger partial charge in [-0.25, -0.2) is 0 Å². The first kappa shape index (κ1) is 16.2. The maximum atomic E-state index is 11.8. The molecule has 0 aliphatic rings. The number of amides is 2. The number of nitrogens with one attached hydrogen (secondary N) is 2. The zero-order valence-corrected chi connectivity index (χ0v) is 12.3. The lowest BCUT2D eigenvalue weighted by molar-refractivity contribution is -0.123. The van der Waals surface area contributed by atoms with Crippen LogP contribution in [-0.4, -0.2) is 17.9 Å². The minimum atomic E-state index is -0.473. The van der Waals surface area contributed by atoms with Gasteiger partial charge in [-0.3, -0.25) is 9.59 Å². The van der Waals surface area contributed by atoms with Gasteiger partial charge < -0.3 is 16.4 Å². The predicted octanol–water partition coefficient (Wildman–Crippen LogP) is 1.63. The van der Waals surface area contributed by atoms with Crippen LogP contribution in [0.3, 0.4) is 0 Å². The molecule has 0 fully saturated rings. The molecule has 0 heterocycles. The normalized spacial score (nSPS) is 13.4. The molecule has 0 saturated carbocycles. The summed E-state index contributed by atoms with van der Waals surface area (Å²) in [6, 6.07) is 6.86. The van der Waals surface area contributed by atoms with Gasteiger partial charge >= 0.3 is 0 Å². The first-order chi connectivity index (χ1) is 9.43. The standard InChI is InChI=1S/C15H23N3O2/c1-4-10(2)14(16)15(20)17-9-12-5-7-13(8-6-12)18-11(3)19/h5-8,10,14H,4,9,16H2,1-3H3,(H,17,20)(H,18,19)/t10?,14-/m0/s1. The Labute approximate surface area is 119 Å². The Morgan fingerprint density at radius 2 is 1.85 bits per heavy atom. The second kappa shape index (κ2) is 7.65. The fourth-order valence-corrected chi connectivity index (χ4v) is 1.73. The van der Waals surface area contributed by atoms with Gasteiger partial charge in [-0.05, 0) is 23.6 Å². The van der Waals surface area contributed by atoms with Crippen molar-refractivity contribution in [1.29, 1.82) is 0 Å². The Hall–Kier alpha value is -1.88. The molecule has 20 heavy (non-hydrogen) atoms. The highest BCUT2D eigenvalue weighted by Crippen LogP contribution is 2.10. The van der Waals surface area contributed by atoms with Crippen LogP contribution in [0.2, 0.25) is 0 Å². The molecule has 0 aromatic heterocycles. The van der Waals surface area contributed by atoms with Crippen LogP contribution in [-0.2, 0) is 16.1 Å². The Morgan fingerprint density at radius 3 is 2.35 bits per heavy atom. The first-order valence-corrected chi connectivity index (χ1v) is 6.83. The van der Waals surface area contributed by atoms with E-state index in [-0.39, 0.29) is 17.7 Å². The summed E-state index contributed by atoms with van der Waals surface area (Å²) in [5.41, 5.74) is 7.56. The van der Waals surface area contributed by atoms with E-state index in [9.17, 15) is 9.59 Å². The molecule has 0 radical (unpaired) electrons. The maximum absolute atomic E-state index is 11.8. The van der Waals surface area contributed by atoms with E-state index >= 15 is 0 Å². The fraction of sp³-hybridized carbons (Fsp3) is 0.467. The number of carbonyl (C=O) groups is 2. The molecule has 1 aromatic carbocycles. The molecule has 1 aromatic rings. The number of hydrogen-bond acceptors (Lipinski definition) is 3. The highest BCUT2D eigenvalue weighted by atomic mass is 16.2. The van der Waals surface area contributed by atoms with E-state index in [1.54, 1.807) is 12.1 Å². The highest BCUT2D eigenvalue weighted by molar-refractivity contribution is 5.88. The summed E-state index contributed by atoms with van der Waals surface area (Å²) in [7, 11) is 0. The monoisotopic (exact) mass is 277 g/mol. The number of hydrogen-bond donors (Lipinski definition) is 3. The van der Waals surface area contributed by atoms with Gasteiger partial charge in [0.05, 0.1) is 6.04 Å². The number of anilines is 1. The molecule has 0 aliphatic heterocycles. The average molecular weight is 277 g/mol. The highest BCUT2D eigenvalue weighted by Gasteiger charge is 2.18. The molecule has 0 spiro atoms. The molecule has 2 amide bonds. The van der Waals surface area contributed by atoms with Gasteiger partial charge in [0.2, 0.25) is 11.8 Å². The van der Waals surface area contributed by atoms with E-state index in [1.165, 1.54) is 6.92 Å². The van der Waals surface area contributed by atoms with Gasteiger partial charge in [0, 0.05) is 19.2 Å². The van der Waals surface area contributed by atoms with Crippen LogP contribution < -0.4 is 16.4 Å². The lowest BCUT2D eigenvalue weighted by atomic mass is 9.99. The van der Waals surface area contributed by atoms with Crippen LogP contribution in [0.15, 0.2) is 24.3 Å². The van der Waals surface area contributed by atoms with Crippen molar-refractivity contribution in [2.75, 3.05) is 5.32 Å². The Bertz CT molecular complexity index is 457. The second-order valence-corrected chi connectivity index (χ2v) is 5.01. The molecular formula is C15H23N3O2. The van der Waals surface area contributed by atoms with E-state index in [0.29, 0.717) is 6.54 Å². The molecule has 0 bridgehead atoms. The maximum Gasteiger partial charge on any atom is 0.237 e. The largest absolute Gasteiger partial charge is 0.351 e. The first-order valence-electron chi connectivity index (χ1n) is 6.83. The summed E-state index contributed by atoms with van der Waals surface area (Å²) >= 11 is 0. The third-order valence-electron chi connectivity index (χ3n) is 3.30. The van der Waals surface area contributed by atoms with Gasteiger partial charge in [0.1, 0.15) is 0 Å². The van der Waals surface area contributed by atoms with Gasteiger partial charge in [-0.1, -0.05) is 32.4 Å². The molecule has 2 atom stereocenters. The van der Waals surface area contributed by atoms with Crippen molar-refractivity contribution in [3.8, 4) is 0 Å². The van der Waals surface area contributed by atoms with Crippen LogP contribution in [0.4, 0.5) is 5.69 Å². The van der Waals surface area contributed by atoms with Crippen molar-refractivity contribution in [1.82, 2.24) is 5.32 Å². The van der Waals surface area contributed by atoms with Crippen molar-refractivity contribution in [3.63, 3.8) is 0 Å². The molecule has 0 aliphatic carbocycles. The van der Waals surface area contributed by atoms with Crippen molar-refractivity contribution in [2.45, 2.75) is 39.8 Å². The molecule has 110 valence electrons. The predicted molar refractivity (Wildman–Crippen MR) is 80.0 cm³/mol. The Morgan fingerprint density at radius 1 is 1.25 bits per heavy atom. The van der Waals surface area contributed by atoms with Gasteiger partial charge in [0.25, 0.3) is 0 Å². The second-order valence-electron chi connectivity index (χ2n) is 5.01. The van der Waals surface area contributed by atoms with E-state index < -0.39 is 6.04 Å². The summed E-state index contributed by atoms with van der Waals surface area (Å²) in [6.07, 6.45) is 0.875. The third-order valence-corrected chi connectivity index (χ3v) is 3.30. The van der Waals surface area contributed by atoms with Crippen LogP contribution in [0.1, 0.15) is 32.8 Å². The minimum absolute atomic E-state index is 0.106. The van der Waals surface area contributed by atoms with Crippen LogP contribution in [0.25, 0.3) is 0 Å². The zero-order chi connectivity index (χ0) is 15.1. The topological polar surface area (TPSA) is 84.2 Å². The quantitative estimate of drug-likeness (QED) is 0.739. The molecule has 1 rings (SSSR count). The van der Waals surface area contributed by atoms with Crippen molar-refractivity contribution >= 4 is 17.5 Å². The molecule has 0 saturated heterocycles. The van der Waals surface area contributed by atoms with Crippen LogP contribution >= 0.6 is 0 Å². The lowest BCUT2D eigenvalue weighted by Gasteiger charge is -2.17. The van der Waals surface area contributed by atoms with Crippen molar-refractivity contribution < 1.29 is 9.59 Å². The number of nitrogens with two attached hydrogens (primary N) is 1. The van der Waals surface area contributed by atoms with Gasteiger partial charge in [0.15, 0.2) is 0 Å². The average Bonchev–Trinajstić information content (AvgIpc) is 2.44. The fourth-order valence-electron chi connectivity index (χ4n) is 1.73. The summed E-state index contributed by atoms with van der Waals surface area (Å²) in [5.74, 6) is -0.0759. The molecular weight excluding hydrogens is 254 g/mol. The molecule has 1 unspecified atom stereocenters. The van der Waals surface area contributed by atoms with Gasteiger partial charge in [-0.2, -0.15) is 0 Å². The van der Waals surface area contributed by atoms with Gasteiger partial charge in [-0.15, -0.1) is 0 Å². The smallest absolute Gasteiger partial charge is 0.237 e. The minimum Gasteiger partial charge on any atom is -0.351 e. The Kier molecular flexibility index (Phi) is 6.18. The summed E-state index contributed by atoms with van der Waals surface area (Å²) in [4.78, 5) is 22.7. The lowest BCUT2D eigenvalue weighted by Crippen LogP contribution is -2.44. The molecule has 5 heteroatoms. The Balaban J connectivity index is 2.49. The van der Waals surface area contributed by atoms with Crippen molar-refractivity contribution in [2.24, 2.45) is 11.7 Å². The van der Waals surface area contributed by atoms with E-state index in [4.69, 9.17) is 5.73 Å². The van der Waals surface area contributed by atoms with E-state index in [0.717, 1.165) is 17.7 Å².